The van der Waals surface area contributed by atoms with Crippen LogP contribution in [0, 0.1) is 0 Å². The molecule has 1 aliphatic rings. The van der Waals surface area contributed by atoms with Crippen LogP contribution in [0.15, 0.2) is 36.7 Å². The highest BCUT2D eigenvalue weighted by molar-refractivity contribution is 5.96. The number of hydrogen-bond donors (Lipinski definition) is 1. The predicted molar refractivity (Wildman–Crippen MR) is 85.7 cm³/mol. The van der Waals surface area contributed by atoms with E-state index in [1.807, 2.05) is 12.1 Å². The number of aromatic nitrogens is 2. The molecule has 120 valence electrons. The minimum absolute atomic E-state index is 0.332. The Morgan fingerprint density at radius 1 is 1.22 bits per heavy atom. The van der Waals surface area contributed by atoms with Crippen LogP contribution in [0.3, 0.4) is 0 Å². The summed E-state index contributed by atoms with van der Waals surface area (Å²) in [6.07, 6.45) is 3.53. The van der Waals surface area contributed by atoms with E-state index < -0.39 is 6.61 Å². The van der Waals surface area contributed by atoms with Crippen LogP contribution in [0.2, 0.25) is 0 Å². The third kappa shape index (κ3) is 3.91. The minimum Gasteiger partial charge on any atom is -0.388 e. The fraction of sp³-hybridized carbons (Fsp3) is 0.353. The molecule has 6 heteroatoms. The van der Waals surface area contributed by atoms with Crippen molar-refractivity contribution in [3.05, 3.63) is 53.6 Å². The number of hydrogen-bond acceptors (Lipinski definition) is 6. The SMILES string of the molecule is O=C(CO)c1cnc(Cc2cccc(N3CCOCC3)c2)nc1. The van der Waals surface area contributed by atoms with Crippen LogP contribution < -0.4 is 4.90 Å². The van der Waals surface area contributed by atoms with Gasteiger partial charge in [-0.3, -0.25) is 4.79 Å². The largest absolute Gasteiger partial charge is 0.388 e. The molecule has 1 saturated heterocycles. The first kappa shape index (κ1) is 15.6. The molecule has 0 saturated carbocycles. The van der Waals surface area contributed by atoms with Gasteiger partial charge in [-0.05, 0) is 17.7 Å². The van der Waals surface area contributed by atoms with E-state index in [1.54, 1.807) is 0 Å². The summed E-state index contributed by atoms with van der Waals surface area (Å²) in [7, 11) is 0. The normalized spacial score (nSPS) is 14.7. The number of ether oxygens (including phenoxy) is 1. The highest BCUT2D eigenvalue weighted by Gasteiger charge is 2.12. The number of morpholine rings is 1. The highest BCUT2D eigenvalue weighted by Crippen LogP contribution is 2.18. The van der Waals surface area contributed by atoms with E-state index >= 15 is 0 Å². The Labute approximate surface area is 134 Å². The fourth-order valence-electron chi connectivity index (χ4n) is 2.55. The zero-order valence-electron chi connectivity index (χ0n) is 12.8. The number of nitrogens with zero attached hydrogens (tertiary/aromatic N) is 3. The fourth-order valence-corrected chi connectivity index (χ4v) is 2.55. The van der Waals surface area contributed by atoms with Crippen molar-refractivity contribution in [2.24, 2.45) is 0 Å². The summed E-state index contributed by atoms with van der Waals surface area (Å²) in [4.78, 5) is 22.1. The Balaban J connectivity index is 1.71. The molecule has 2 aromatic rings. The van der Waals surface area contributed by atoms with E-state index in [2.05, 4.69) is 27.0 Å². The summed E-state index contributed by atoms with van der Waals surface area (Å²) >= 11 is 0. The summed E-state index contributed by atoms with van der Waals surface area (Å²) in [6.45, 7) is 2.79. The number of aliphatic hydroxyl groups is 1. The first-order valence-electron chi connectivity index (χ1n) is 7.63. The maximum Gasteiger partial charge on any atom is 0.191 e. The summed E-state index contributed by atoms with van der Waals surface area (Å²) < 4.78 is 5.38. The van der Waals surface area contributed by atoms with Crippen LogP contribution in [-0.4, -0.2) is 53.8 Å². The highest BCUT2D eigenvalue weighted by atomic mass is 16.5. The second-order valence-corrected chi connectivity index (χ2v) is 5.42. The minimum atomic E-state index is -0.524. The van der Waals surface area contributed by atoms with Gasteiger partial charge in [-0.15, -0.1) is 0 Å². The topological polar surface area (TPSA) is 75.5 Å². The van der Waals surface area contributed by atoms with Gasteiger partial charge < -0.3 is 14.7 Å². The summed E-state index contributed by atoms with van der Waals surface area (Å²) in [6, 6.07) is 8.31. The Hall–Kier alpha value is -2.31. The second kappa shape index (κ2) is 7.30. The van der Waals surface area contributed by atoms with Gasteiger partial charge in [0.15, 0.2) is 5.78 Å². The lowest BCUT2D eigenvalue weighted by atomic mass is 10.1. The molecule has 2 heterocycles. The van der Waals surface area contributed by atoms with Crippen molar-refractivity contribution in [3.8, 4) is 0 Å². The van der Waals surface area contributed by atoms with E-state index in [9.17, 15) is 4.79 Å². The third-order valence-corrected chi connectivity index (χ3v) is 3.82. The number of rotatable bonds is 5. The first-order chi connectivity index (χ1) is 11.3. The molecular weight excluding hydrogens is 294 g/mol. The van der Waals surface area contributed by atoms with E-state index in [4.69, 9.17) is 9.84 Å². The number of anilines is 1. The average molecular weight is 313 g/mol. The Kier molecular flexibility index (Phi) is 4.95. The van der Waals surface area contributed by atoms with Crippen LogP contribution >= 0.6 is 0 Å². The molecule has 1 fully saturated rings. The van der Waals surface area contributed by atoms with Crippen molar-refractivity contribution < 1.29 is 14.6 Å². The Morgan fingerprint density at radius 2 is 1.96 bits per heavy atom. The van der Waals surface area contributed by atoms with Crippen molar-refractivity contribution in [3.63, 3.8) is 0 Å². The lowest BCUT2D eigenvalue weighted by Gasteiger charge is -2.29. The van der Waals surface area contributed by atoms with Gasteiger partial charge in [-0.1, -0.05) is 12.1 Å². The molecule has 0 radical (unpaired) electrons. The van der Waals surface area contributed by atoms with E-state index in [-0.39, 0.29) is 5.78 Å². The second-order valence-electron chi connectivity index (χ2n) is 5.42. The zero-order valence-corrected chi connectivity index (χ0v) is 12.8. The molecule has 0 bridgehead atoms. The maximum absolute atomic E-state index is 11.4. The Bertz CT molecular complexity index is 667. The van der Waals surface area contributed by atoms with E-state index in [0.717, 1.165) is 31.9 Å². The molecule has 6 nitrogen and oxygen atoms in total. The summed E-state index contributed by atoms with van der Waals surface area (Å²) in [5.41, 5.74) is 2.63. The monoisotopic (exact) mass is 313 g/mol. The quantitative estimate of drug-likeness (QED) is 0.833. The third-order valence-electron chi connectivity index (χ3n) is 3.82. The van der Waals surface area contributed by atoms with Crippen LogP contribution in [0.5, 0.6) is 0 Å². The smallest absolute Gasteiger partial charge is 0.191 e. The van der Waals surface area contributed by atoms with Crippen molar-refractivity contribution in [2.75, 3.05) is 37.8 Å². The standard InChI is InChI=1S/C17H19N3O3/c21-12-16(22)14-10-18-17(19-11-14)9-13-2-1-3-15(8-13)20-4-6-23-7-5-20/h1-3,8,10-11,21H,4-7,9,12H2. The van der Waals surface area contributed by atoms with Crippen molar-refractivity contribution >= 4 is 11.5 Å². The van der Waals surface area contributed by atoms with Gasteiger partial charge in [0.1, 0.15) is 12.4 Å². The van der Waals surface area contributed by atoms with Crippen LogP contribution in [0.25, 0.3) is 0 Å². The van der Waals surface area contributed by atoms with Gasteiger partial charge in [0.05, 0.1) is 18.8 Å². The molecule has 1 N–H and O–H groups in total. The van der Waals surface area contributed by atoms with Crippen molar-refractivity contribution in [1.82, 2.24) is 9.97 Å². The molecule has 0 spiro atoms. The lowest BCUT2D eigenvalue weighted by molar-refractivity contribution is 0.0903. The molecule has 1 aliphatic heterocycles. The molecule has 0 aliphatic carbocycles. The average Bonchev–Trinajstić information content (AvgIpc) is 2.63. The molecule has 3 rings (SSSR count). The van der Waals surface area contributed by atoms with E-state index in [0.29, 0.717) is 17.8 Å². The molecule has 23 heavy (non-hydrogen) atoms. The van der Waals surface area contributed by atoms with Crippen molar-refractivity contribution in [1.29, 1.82) is 0 Å². The lowest BCUT2D eigenvalue weighted by Crippen LogP contribution is -2.36. The first-order valence-corrected chi connectivity index (χ1v) is 7.63. The predicted octanol–water partition coefficient (Wildman–Crippen LogP) is 1.08. The van der Waals surface area contributed by atoms with Crippen LogP contribution in [0.4, 0.5) is 5.69 Å². The molecule has 0 unspecified atom stereocenters. The summed E-state index contributed by atoms with van der Waals surface area (Å²) in [5, 5.41) is 8.83. The molecule has 1 aromatic carbocycles. The van der Waals surface area contributed by atoms with Gasteiger partial charge in [0, 0.05) is 37.6 Å². The molecule has 0 atom stereocenters. The number of Topliss-reactive ketones (excluding diaryl/α,β-unsaturated/α-hetero) is 1. The van der Waals surface area contributed by atoms with Crippen molar-refractivity contribution in [2.45, 2.75) is 6.42 Å². The Morgan fingerprint density at radius 3 is 2.65 bits per heavy atom. The van der Waals surface area contributed by atoms with Gasteiger partial charge in [0.2, 0.25) is 0 Å². The number of ketones is 1. The van der Waals surface area contributed by atoms with Crippen LogP contribution in [-0.2, 0) is 11.2 Å². The van der Waals surface area contributed by atoms with Gasteiger partial charge in [-0.25, -0.2) is 9.97 Å². The van der Waals surface area contributed by atoms with Gasteiger partial charge in [0.25, 0.3) is 0 Å². The van der Waals surface area contributed by atoms with Gasteiger partial charge >= 0.3 is 0 Å². The molecular formula is C17H19N3O3. The maximum atomic E-state index is 11.4. The number of benzene rings is 1. The summed E-state index contributed by atoms with van der Waals surface area (Å²) in [5.74, 6) is 0.282. The zero-order chi connectivity index (χ0) is 16.1. The number of carbonyl (C=O) groups is 1. The van der Waals surface area contributed by atoms with Gasteiger partial charge in [-0.2, -0.15) is 0 Å². The van der Waals surface area contributed by atoms with E-state index in [1.165, 1.54) is 18.1 Å². The van der Waals surface area contributed by atoms with Crippen LogP contribution in [0.1, 0.15) is 21.7 Å². The number of aliphatic hydroxyl groups excluding tert-OH is 1. The molecule has 1 aromatic heterocycles. The molecule has 0 amide bonds. The number of carbonyl (C=O) groups excluding carboxylic acids is 1.